The van der Waals surface area contributed by atoms with E-state index in [1.54, 1.807) is 36.0 Å². The monoisotopic (exact) mass is 364 g/mol. The van der Waals surface area contributed by atoms with Gasteiger partial charge in [0.15, 0.2) is 0 Å². The molecule has 0 heterocycles. The van der Waals surface area contributed by atoms with Crippen molar-refractivity contribution in [1.29, 1.82) is 0 Å². The second kappa shape index (κ2) is 10.2. The number of aryl methyl sites for hydroxylation is 1. The van der Waals surface area contributed by atoms with Crippen LogP contribution in [0.4, 0.5) is 13.2 Å². The number of alkyl halides is 3. The third-order valence-electron chi connectivity index (χ3n) is 2.91. The molecule has 0 spiro atoms. The third-order valence-corrected chi connectivity index (χ3v) is 3.82. The molecular weight excluding hydrogens is 345 g/mol. The maximum Gasteiger partial charge on any atom is 0.449 e. The normalized spacial score (nSPS) is 11.2. The minimum Gasteiger partial charge on any atom is -0.493 e. The Bertz CT molecular complexity index is 529. The van der Waals surface area contributed by atoms with Gasteiger partial charge in [0.1, 0.15) is 12.4 Å². The fraction of sp³-hybridized carbons (Fsp3) is 0.500. The van der Waals surface area contributed by atoms with Gasteiger partial charge in [-0.25, -0.2) is 0 Å². The fourth-order valence-corrected chi connectivity index (χ4v) is 2.32. The molecule has 0 radical (unpaired) electrons. The van der Waals surface area contributed by atoms with E-state index in [2.05, 4.69) is 0 Å². The minimum absolute atomic E-state index is 0.0463. The van der Waals surface area contributed by atoms with Gasteiger partial charge in [-0.1, -0.05) is 12.1 Å². The van der Waals surface area contributed by atoms with Crippen molar-refractivity contribution in [2.75, 3.05) is 24.7 Å². The highest BCUT2D eigenvalue weighted by molar-refractivity contribution is 7.99. The number of hydrogen-bond acceptors (Lipinski definition) is 5. The van der Waals surface area contributed by atoms with Crippen molar-refractivity contribution in [2.24, 2.45) is 0 Å². The molecule has 0 fully saturated rings. The lowest BCUT2D eigenvalue weighted by molar-refractivity contribution is -0.171. The molecule has 0 aliphatic heterocycles. The number of carbonyl (C=O) groups is 2. The molecule has 0 N–H and O–H groups in total. The molecule has 0 unspecified atom stereocenters. The Balaban J connectivity index is 2.20. The first-order valence-corrected chi connectivity index (χ1v) is 8.47. The van der Waals surface area contributed by atoms with Gasteiger partial charge in [0.05, 0.1) is 6.61 Å². The molecule has 0 aliphatic carbocycles. The number of hydrogen-bond donors (Lipinski definition) is 0. The number of carbonyl (C=O) groups excluding carboxylic acids is 2. The topological polar surface area (TPSA) is 52.6 Å². The molecule has 1 aromatic rings. The van der Waals surface area contributed by atoms with Gasteiger partial charge < -0.3 is 9.47 Å². The first-order chi connectivity index (χ1) is 11.3. The molecule has 0 atom stereocenters. The molecule has 0 bridgehead atoms. The molecule has 0 saturated heterocycles. The molecule has 4 nitrogen and oxygen atoms in total. The van der Waals surface area contributed by atoms with Crippen molar-refractivity contribution in [3.63, 3.8) is 0 Å². The van der Waals surface area contributed by atoms with Crippen LogP contribution in [0.15, 0.2) is 24.3 Å². The predicted molar refractivity (Wildman–Crippen MR) is 85.3 cm³/mol. The lowest BCUT2D eigenvalue weighted by Gasteiger charge is -2.08. The summed E-state index contributed by atoms with van der Waals surface area (Å²) in [6, 6.07) is 6.62. The first kappa shape index (κ1) is 20.3. The van der Waals surface area contributed by atoms with E-state index in [1.807, 2.05) is 0 Å². The van der Waals surface area contributed by atoms with Crippen LogP contribution >= 0.6 is 11.8 Å². The Labute approximate surface area is 142 Å². The average Bonchev–Trinajstić information content (AvgIpc) is 2.51. The molecule has 1 rings (SSSR count). The van der Waals surface area contributed by atoms with E-state index >= 15 is 0 Å². The van der Waals surface area contributed by atoms with Crippen molar-refractivity contribution in [1.82, 2.24) is 0 Å². The Morgan fingerprint density at radius 2 is 1.71 bits per heavy atom. The van der Waals surface area contributed by atoms with E-state index in [1.165, 1.54) is 6.92 Å². The second-order valence-electron chi connectivity index (χ2n) is 4.87. The maximum absolute atomic E-state index is 12.1. The zero-order chi connectivity index (χ0) is 18.0. The summed E-state index contributed by atoms with van der Waals surface area (Å²) in [5.41, 5.74) is 0.649. The third kappa shape index (κ3) is 8.81. The summed E-state index contributed by atoms with van der Waals surface area (Å²) in [6.07, 6.45) is -5.27. The molecule has 134 valence electrons. The van der Waals surface area contributed by atoms with Gasteiger partial charge in [0, 0.05) is 24.9 Å². The van der Waals surface area contributed by atoms with E-state index in [9.17, 15) is 22.8 Å². The number of benzene rings is 1. The summed E-state index contributed by atoms with van der Waals surface area (Å²) < 4.78 is 46.6. The number of ketones is 1. The molecular formula is C16H19F3O4S. The van der Waals surface area contributed by atoms with Crippen LogP contribution in [0.25, 0.3) is 0 Å². The van der Waals surface area contributed by atoms with Crippen molar-refractivity contribution < 1.29 is 32.2 Å². The first-order valence-electron chi connectivity index (χ1n) is 7.32. The van der Waals surface area contributed by atoms with Crippen molar-refractivity contribution in [3.05, 3.63) is 29.8 Å². The summed E-state index contributed by atoms with van der Waals surface area (Å²) in [5, 5.41) is 0. The van der Waals surface area contributed by atoms with Crippen LogP contribution in [0.3, 0.4) is 0 Å². The van der Waals surface area contributed by atoms with Crippen LogP contribution in [-0.4, -0.2) is 42.6 Å². The zero-order valence-corrected chi connectivity index (χ0v) is 14.0. The van der Waals surface area contributed by atoms with Gasteiger partial charge in [0.25, 0.3) is 0 Å². The summed E-state index contributed by atoms with van der Waals surface area (Å²) in [6.45, 7) is 2.19. The lowest BCUT2D eigenvalue weighted by atomic mass is 10.1. The fourth-order valence-electron chi connectivity index (χ4n) is 1.72. The number of thioether (sulfide) groups is 1. The quantitative estimate of drug-likeness (QED) is 0.470. The Morgan fingerprint density at radius 1 is 1.08 bits per heavy atom. The molecule has 8 heteroatoms. The zero-order valence-electron chi connectivity index (χ0n) is 13.2. The van der Waals surface area contributed by atoms with Gasteiger partial charge in [0.2, 0.25) is 5.78 Å². The average molecular weight is 364 g/mol. The van der Waals surface area contributed by atoms with Crippen LogP contribution in [0.2, 0.25) is 0 Å². The highest BCUT2D eigenvalue weighted by atomic mass is 32.2. The van der Waals surface area contributed by atoms with Crippen molar-refractivity contribution in [2.45, 2.75) is 25.9 Å². The smallest absolute Gasteiger partial charge is 0.449 e. The highest BCUT2D eigenvalue weighted by Gasteiger charge is 2.37. The number of rotatable bonds is 10. The van der Waals surface area contributed by atoms with Gasteiger partial charge in [-0.2, -0.15) is 24.9 Å². The van der Waals surface area contributed by atoms with Crippen LogP contribution in [-0.2, 0) is 20.7 Å². The Hall–Kier alpha value is -1.70. The molecule has 1 aromatic carbocycles. The van der Waals surface area contributed by atoms with Crippen LogP contribution in [0.1, 0.15) is 18.9 Å². The van der Waals surface area contributed by atoms with E-state index in [0.29, 0.717) is 30.3 Å². The van der Waals surface area contributed by atoms with Crippen molar-refractivity contribution >= 4 is 23.5 Å². The summed E-state index contributed by atoms with van der Waals surface area (Å²) >= 11 is 1.58. The summed E-state index contributed by atoms with van der Waals surface area (Å²) in [7, 11) is 0. The number of esters is 1. The van der Waals surface area contributed by atoms with E-state index in [-0.39, 0.29) is 12.4 Å². The SMILES string of the molecule is CC(=O)OCCSCCOc1ccc(CCC(=O)C(F)(F)F)cc1. The molecule has 24 heavy (non-hydrogen) atoms. The number of ether oxygens (including phenoxy) is 2. The molecule has 0 aliphatic rings. The molecule has 0 amide bonds. The Kier molecular flexibility index (Phi) is 8.67. The van der Waals surface area contributed by atoms with Crippen LogP contribution < -0.4 is 4.74 Å². The van der Waals surface area contributed by atoms with Gasteiger partial charge in [-0.15, -0.1) is 0 Å². The largest absolute Gasteiger partial charge is 0.493 e. The highest BCUT2D eigenvalue weighted by Crippen LogP contribution is 2.20. The lowest BCUT2D eigenvalue weighted by Crippen LogP contribution is -2.22. The van der Waals surface area contributed by atoms with E-state index < -0.39 is 18.4 Å². The summed E-state index contributed by atoms with van der Waals surface area (Å²) in [5.74, 6) is 0.0112. The standard InChI is InChI=1S/C16H19F3O4S/c1-12(20)22-8-10-24-11-9-23-14-5-2-13(3-6-14)4-7-15(21)16(17,18)19/h2-3,5-6H,4,7-11H2,1H3. The number of Topliss-reactive ketones (excluding diaryl/α,β-unsaturated/α-hetero) is 1. The van der Waals surface area contributed by atoms with E-state index in [4.69, 9.17) is 9.47 Å². The summed E-state index contributed by atoms with van der Waals surface area (Å²) in [4.78, 5) is 21.4. The van der Waals surface area contributed by atoms with Crippen LogP contribution in [0, 0.1) is 0 Å². The Morgan fingerprint density at radius 3 is 2.29 bits per heavy atom. The van der Waals surface area contributed by atoms with Gasteiger partial charge in [-0.05, 0) is 24.1 Å². The maximum atomic E-state index is 12.1. The van der Waals surface area contributed by atoms with E-state index in [0.717, 1.165) is 5.75 Å². The molecule has 0 saturated carbocycles. The van der Waals surface area contributed by atoms with Crippen LogP contribution in [0.5, 0.6) is 5.75 Å². The second-order valence-corrected chi connectivity index (χ2v) is 6.09. The van der Waals surface area contributed by atoms with Crippen molar-refractivity contribution in [3.8, 4) is 5.75 Å². The predicted octanol–water partition coefficient (Wildman–Crippen LogP) is 3.43. The minimum atomic E-state index is -4.77. The molecule has 0 aromatic heterocycles. The van der Waals surface area contributed by atoms with Gasteiger partial charge in [-0.3, -0.25) is 9.59 Å². The number of halogens is 3. The van der Waals surface area contributed by atoms with Gasteiger partial charge >= 0.3 is 12.1 Å².